The highest BCUT2D eigenvalue weighted by atomic mass is 35.5. The Labute approximate surface area is 115 Å². The Balaban J connectivity index is 2.34. The molecule has 1 heterocycles. The van der Waals surface area contributed by atoms with Crippen molar-refractivity contribution in [2.24, 2.45) is 0 Å². The Morgan fingerprint density at radius 1 is 1.32 bits per heavy atom. The van der Waals surface area contributed by atoms with Crippen LogP contribution in [0.15, 0.2) is 36.5 Å². The second-order valence-corrected chi connectivity index (χ2v) is 4.15. The lowest BCUT2D eigenvalue weighted by Gasteiger charge is -2.10. The quantitative estimate of drug-likeness (QED) is 0.931. The number of ether oxygens (including phenoxy) is 1. The summed E-state index contributed by atoms with van der Waals surface area (Å²) in [6.45, 7) is 0.0275. The largest absolute Gasteiger partial charge is 0.437 e. The molecule has 0 amide bonds. The van der Waals surface area contributed by atoms with Gasteiger partial charge < -0.3 is 9.84 Å². The number of aromatic nitrogens is 1. The SMILES string of the molecule is N#Cc1ccnc(Oc2ccccc2CCO)c1Cl. The summed E-state index contributed by atoms with van der Waals surface area (Å²) in [5.74, 6) is 0.757. The van der Waals surface area contributed by atoms with E-state index in [1.165, 1.54) is 12.3 Å². The van der Waals surface area contributed by atoms with Gasteiger partial charge in [-0.2, -0.15) is 5.26 Å². The van der Waals surface area contributed by atoms with Gasteiger partial charge in [0.05, 0.1) is 5.56 Å². The van der Waals surface area contributed by atoms with Crippen LogP contribution in [0.4, 0.5) is 0 Å². The van der Waals surface area contributed by atoms with Gasteiger partial charge in [0.25, 0.3) is 0 Å². The maximum atomic E-state index is 9.01. The second kappa shape index (κ2) is 6.19. The number of nitrogens with zero attached hydrogens (tertiary/aromatic N) is 2. The van der Waals surface area contributed by atoms with Gasteiger partial charge in [0, 0.05) is 12.8 Å². The van der Waals surface area contributed by atoms with Crippen LogP contribution in [-0.2, 0) is 6.42 Å². The number of benzene rings is 1. The van der Waals surface area contributed by atoms with Crippen molar-refractivity contribution >= 4 is 11.6 Å². The standard InChI is InChI=1S/C14H11ClN2O2/c15-13-11(9-16)5-7-17-14(13)19-12-4-2-1-3-10(12)6-8-18/h1-5,7,18H,6,8H2. The number of hydrogen-bond acceptors (Lipinski definition) is 4. The molecule has 2 aromatic rings. The van der Waals surface area contributed by atoms with Crippen molar-refractivity contribution in [3.05, 3.63) is 52.7 Å². The molecule has 0 aliphatic rings. The van der Waals surface area contributed by atoms with Gasteiger partial charge >= 0.3 is 0 Å². The lowest BCUT2D eigenvalue weighted by molar-refractivity contribution is 0.297. The third-order valence-electron chi connectivity index (χ3n) is 2.54. The second-order valence-electron chi connectivity index (χ2n) is 3.77. The summed E-state index contributed by atoms with van der Waals surface area (Å²) in [5, 5.41) is 18.1. The van der Waals surface area contributed by atoms with Gasteiger partial charge in [-0.15, -0.1) is 0 Å². The van der Waals surface area contributed by atoms with Gasteiger partial charge in [0.15, 0.2) is 0 Å². The van der Waals surface area contributed by atoms with Crippen molar-refractivity contribution in [1.29, 1.82) is 5.26 Å². The smallest absolute Gasteiger partial charge is 0.239 e. The van der Waals surface area contributed by atoms with Crippen LogP contribution in [0.2, 0.25) is 5.02 Å². The van der Waals surface area contributed by atoms with E-state index in [1.807, 2.05) is 24.3 Å². The number of aliphatic hydroxyl groups is 1. The zero-order chi connectivity index (χ0) is 13.7. The third-order valence-corrected chi connectivity index (χ3v) is 2.90. The molecular formula is C14H11ClN2O2. The molecule has 0 unspecified atom stereocenters. The first kappa shape index (κ1) is 13.3. The zero-order valence-corrected chi connectivity index (χ0v) is 10.8. The highest BCUT2D eigenvalue weighted by Gasteiger charge is 2.11. The summed E-state index contributed by atoms with van der Waals surface area (Å²) in [5.41, 5.74) is 1.16. The molecule has 5 heteroatoms. The molecule has 0 radical (unpaired) electrons. The number of aliphatic hydroxyl groups excluding tert-OH is 1. The van der Waals surface area contributed by atoms with Crippen molar-refractivity contribution < 1.29 is 9.84 Å². The minimum absolute atomic E-state index is 0.0275. The summed E-state index contributed by atoms with van der Waals surface area (Å²) in [7, 11) is 0. The summed E-state index contributed by atoms with van der Waals surface area (Å²) in [6, 6.07) is 10.8. The molecule has 1 N–H and O–H groups in total. The molecule has 0 spiro atoms. The first-order chi connectivity index (χ1) is 9.26. The van der Waals surface area contributed by atoms with Crippen LogP contribution in [0.1, 0.15) is 11.1 Å². The van der Waals surface area contributed by atoms with E-state index in [2.05, 4.69) is 4.98 Å². The highest BCUT2D eigenvalue weighted by Crippen LogP contribution is 2.31. The fraction of sp³-hybridized carbons (Fsp3) is 0.143. The van der Waals surface area contributed by atoms with E-state index in [1.54, 1.807) is 6.07 Å². The van der Waals surface area contributed by atoms with E-state index in [4.69, 9.17) is 26.7 Å². The Kier molecular flexibility index (Phi) is 4.35. The molecule has 19 heavy (non-hydrogen) atoms. The maximum Gasteiger partial charge on any atom is 0.239 e. The van der Waals surface area contributed by atoms with Crippen LogP contribution in [0.3, 0.4) is 0 Å². The van der Waals surface area contributed by atoms with Gasteiger partial charge in [-0.3, -0.25) is 0 Å². The highest BCUT2D eigenvalue weighted by molar-refractivity contribution is 6.33. The van der Waals surface area contributed by atoms with E-state index < -0.39 is 0 Å². The van der Waals surface area contributed by atoms with E-state index in [0.717, 1.165) is 5.56 Å². The maximum absolute atomic E-state index is 9.01. The first-order valence-electron chi connectivity index (χ1n) is 5.67. The third kappa shape index (κ3) is 3.02. The summed E-state index contributed by atoms with van der Waals surface area (Å²) in [6.07, 6.45) is 1.94. The molecule has 0 saturated heterocycles. The minimum atomic E-state index is 0.0275. The minimum Gasteiger partial charge on any atom is -0.437 e. The van der Waals surface area contributed by atoms with E-state index in [9.17, 15) is 0 Å². The average molecular weight is 275 g/mol. The van der Waals surface area contributed by atoms with Crippen LogP contribution in [-0.4, -0.2) is 16.7 Å². The molecule has 0 bridgehead atoms. The fourth-order valence-electron chi connectivity index (χ4n) is 1.62. The molecule has 1 aromatic heterocycles. The molecule has 0 aliphatic carbocycles. The van der Waals surface area contributed by atoms with Crippen molar-refractivity contribution in [2.45, 2.75) is 6.42 Å². The van der Waals surface area contributed by atoms with Gasteiger partial charge in [-0.25, -0.2) is 4.98 Å². The van der Waals surface area contributed by atoms with Crippen molar-refractivity contribution in [1.82, 2.24) is 4.98 Å². The number of pyridine rings is 1. The van der Waals surface area contributed by atoms with Gasteiger partial charge in [0.2, 0.25) is 5.88 Å². The number of nitriles is 1. The molecule has 0 fully saturated rings. The summed E-state index contributed by atoms with van der Waals surface area (Å²) in [4.78, 5) is 4.02. The molecule has 0 atom stereocenters. The number of hydrogen-bond donors (Lipinski definition) is 1. The van der Waals surface area contributed by atoms with Crippen molar-refractivity contribution in [3.63, 3.8) is 0 Å². The molecular weight excluding hydrogens is 264 g/mol. The molecule has 4 nitrogen and oxygen atoms in total. The van der Waals surface area contributed by atoms with Crippen LogP contribution in [0.25, 0.3) is 0 Å². The molecule has 2 rings (SSSR count). The lowest BCUT2D eigenvalue weighted by atomic mass is 10.1. The Bertz CT molecular complexity index is 623. The first-order valence-corrected chi connectivity index (χ1v) is 6.05. The predicted octanol–water partition coefficient (Wildman–Crippen LogP) is 2.93. The topological polar surface area (TPSA) is 66.1 Å². The van der Waals surface area contributed by atoms with Crippen LogP contribution < -0.4 is 4.74 Å². The number of halogens is 1. The average Bonchev–Trinajstić information content (AvgIpc) is 2.43. The normalized spacial score (nSPS) is 9.95. The molecule has 96 valence electrons. The Morgan fingerprint density at radius 2 is 2.11 bits per heavy atom. The fourth-order valence-corrected chi connectivity index (χ4v) is 1.81. The zero-order valence-electron chi connectivity index (χ0n) is 10.0. The van der Waals surface area contributed by atoms with Crippen molar-refractivity contribution in [2.75, 3.05) is 6.61 Å². The summed E-state index contributed by atoms with van der Waals surface area (Å²) < 4.78 is 5.63. The monoisotopic (exact) mass is 274 g/mol. The number of para-hydroxylation sites is 1. The van der Waals surface area contributed by atoms with E-state index in [0.29, 0.717) is 17.7 Å². The Morgan fingerprint density at radius 3 is 2.84 bits per heavy atom. The van der Waals surface area contributed by atoms with Gasteiger partial charge in [0.1, 0.15) is 16.8 Å². The predicted molar refractivity (Wildman–Crippen MR) is 71.3 cm³/mol. The lowest BCUT2D eigenvalue weighted by Crippen LogP contribution is -1.97. The molecule has 1 aromatic carbocycles. The van der Waals surface area contributed by atoms with Crippen LogP contribution >= 0.6 is 11.6 Å². The van der Waals surface area contributed by atoms with Gasteiger partial charge in [-0.1, -0.05) is 29.8 Å². The van der Waals surface area contributed by atoms with E-state index >= 15 is 0 Å². The Hall–Kier alpha value is -2.09. The van der Waals surface area contributed by atoms with Crippen molar-refractivity contribution in [3.8, 4) is 17.7 Å². The van der Waals surface area contributed by atoms with Gasteiger partial charge in [-0.05, 0) is 24.1 Å². The van der Waals surface area contributed by atoms with Crippen LogP contribution in [0.5, 0.6) is 11.6 Å². The summed E-state index contributed by atoms with van der Waals surface area (Å²) >= 11 is 6.03. The molecule has 0 saturated carbocycles. The number of rotatable bonds is 4. The molecule has 0 aliphatic heterocycles. The van der Waals surface area contributed by atoms with Crippen LogP contribution in [0, 0.1) is 11.3 Å². The van der Waals surface area contributed by atoms with E-state index in [-0.39, 0.29) is 17.5 Å².